The Kier molecular flexibility index (Phi) is 6.88. The molecule has 0 saturated heterocycles. The minimum Gasteiger partial charge on any atom is -0.379 e. The lowest BCUT2D eigenvalue weighted by Crippen LogP contribution is -2.40. The summed E-state index contributed by atoms with van der Waals surface area (Å²) < 4.78 is 0. The molecule has 2 aromatic heterocycles. The van der Waals surface area contributed by atoms with Crippen LogP contribution in [0.1, 0.15) is 42.7 Å². The zero-order valence-corrected chi connectivity index (χ0v) is 17.6. The molecule has 0 aliphatic carbocycles. The van der Waals surface area contributed by atoms with Gasteiger partial charge in [0.15, 0.2) is 16.9 Å². The molecule has 0 fully saturated rings. The summed E-state index contributed by atoms with van der Waals surface area (Å²) in [6, 6.07) is 5.93. The summed E-state index contributed by atoms with van der Waals surface area (Å²) in [5, 5.41) is 5.80. The standard InChI is InChI=1S/C21H23N7O4/c1-11(29)3-8-16(12(2)30)26-19(31)13-4-6-14(7-5-13)23-9-15-10-24-18-17(25-15)20(32)28-21(22)27-18/h4-7,10,16,23H,3,8-9H2,1-2H3,(H,26,31)(H3,22,24,27,28,32)/t16-/m0/s1. The van der Waals surface area contributed by atoms with Gasteiger partial charge < -0.3 is 21.2 Å². The molecule has 166 valence electrons. The number of nitrogens with two attached hydrogens (primary N) is 1. The fourth-order valence-corrected chi connectivity index (χ4v) is 2.95. The predicted molar refractivity (Wildman–Crippen MR) is 118 cm³/mol. The van der Waals surface area contributed by atoms with Crippen molar-refractivity contribution in [3.8, 4) is 0 Å². The van der Waals surface area contributed by atoms with E-state index in [-0.39, 0.29) is 48.1 Å². The number of H-pyrrole nitrogens is 1. The maximum Gasteiger partial charge on any atom is 0.280 e. The van der Waals surface area contributed by atoms with Crippen molar-refractivity contribution in [2.75, 3.05) is 11.1 Å². The number of nitrogens with one attached hydrogen (secondary N) is 3. The first-order valence-electron chi connectivity index (χ1n) is 9.89. The molecule has 3 rings (SSSR count). The van der Waals surface area contributed by atoms with Gasteiger partial charge in [0.2, 0.25) is 5.95 Å². The van der Waals surface area contributed by atoms with Crippen molar-refractivity contribution in [1.29, 1.82) is 0 Å². The number of nitrogen functional groups attached to an aromatic ring is 1. The Bertz CT molecular complexity index is 1220. The van der Waals surface area contributed by atoms with Crippen LogP contribution < -0.4 is 21.9 Å². The maximum atomic E-state index is 12.4. The molecule has 0 saturated carbocycles. The van der Waals surface area contributed by atoms with E-state index >= 15 is 0 Å². The molecule has 32 heavy (non-hydrogen) atoms. The fourth-order valence-electron chi connectivity index (χ4n) is 2.95. The van der Waals surface area contributed by atoms with Crippen molar-refractivity contribution in [2.45, 2.75) is 39.3 Å². The number of hydrogen-bond donors (Lipinski definition) is 4. The summed E-state index contributed by atoms with van der Waals surface area (Å²) >= 11 is 0. The average Bonchev–Trinajstić information content (AvgIpc) is 2.75. The summed E-state index contributed by atoms with van der Waals surface area (Å²) in [5.41, 5.74) is 6.90. The van der Waals surface area contributed by atoms with Crippen LogP contribution in [0.2, 0.25) is 0 Å². The molecule has 5 N–H and O–H groups in total. The maximum absolute atomic E-state index is 12.4. The number of aromatic nitrogens is 4. The van der Waals surface area contributed by atoms with E-state index in [1.807, 2.05) is 0 Å². The highest BCUT2D eigenvalue weighted by atomic mass is 16.2. The Morgan fingerprint density at radius 1 is 1.12 bits per heavy atom. The summed E-state index contributed by atoms with van der Waals surface area (Å²) in [7, 11) is 0. The zero-order valence-electron chi connectivity index (χ0n) is 17.6. The van der Waals surface area contributed by atoms with Gasteiger partial charge in [-0.25, -0.2) is 9.97 Å². The largest absolute Gasteiger partial charge is 0.379 e. The first-order chi connectivity index (χ1) is 15.2. The number of benzene rings is 1. The number of aromatic amines is 1. The normalized spacial score (nSPS) is 11.7. The van der Waals surface area contributed by atoms with Crippen molar-refractivity contribution in [3.63, 3.8) is 0 Å². The molecule has 0 aliphatic heterocycles. The molecule has 0 unspecified atom stereocenters. The Morgan fingerprint density at radius 3 is 2.50 bits per heavy atom. The minimum absolute atomic E-state index is 0.0275. The number of ketones is 2. The van der Waals surface area contributed by atoms with Crippen LogP contribution in [0.15, 0.2) is 35.3 Å². The van der Waals surface area contributed by atoms with Crippen molar-refractivity contribution in [3.05, 3.63) is 52.1 Å². The highest BCUT2D eigenvalue weighted by Gasteiger charge is 2.18. The smallest absolute Gasteiger partial charge is 0.280 e. The molecular weight excluding hydrogens is 414 g/mol. The van der Waals surface area contributed by atoms with E-state index in [9.17, 15) is 19.2 Å². The molecule has 1 amide bonds. The number of amides is 1. The second-order valence-electron chi connectivity index (χ2n) is 7.29. The van der Waals surface area contributed by atoms with Crippen LogP contribution in [0.25, 0.3) is 11.2 Å². The van der Waals surface area contributed by atoms with Crippen molar-refractivity contribution >= 4 is 40.3 Å². The summed E-state index contributed by atoms with van der Waals surface area (Å²) in [6.45, 7) is 3.11. The summed E-state index contributed by atoms with van der Waals surface area (Å²) in [4.78, 5) is 61.9. The van der Waals surface area contributed by atoms with Crippen LogP contribution in [-0.4, -0.2) is 43.5 Å². The van der Waals surface area contributed by atoms with E-state index in [1.165, 1.54) is 20.0 Å². The van der Waals surface area contributed by atoms with E-state index in [0.717, 1.165) is 0 Å². The van der Waals surface area contributed by atoms with Crippen LogP contribution in [0.3, 0.4) is 0 Å². The van der Waals surface area contributed by atoms with Gasteiger partial charge in [-0.15, -0.1) is 0 Å². The second-order valence-corrected chi connectivity index (χ2v) is 7.29. The highest BCUT2D eigenvalue weighted by molar-refractivity contribution is 5.97. The van der Waals surface area contributed by atoms with E-state index in [2.05, 4.69) is 30.6 Å². The number of anilines is 2. The average molecular weight is 437 g/mol. The van der Waals surface area contributed by atoms with Gasteiger partial charge in [0.05, 0.1) is 24.5 Å². The SMILES string of the molecule is CC(=O)CC[C@H](NC(=O)c1ccc(NCc2cnc3nc(N)[nH]c(=O)c3n2)cc1)C(C)=O. The lowest BCUT2D eigenvalue weighted by atomic mass is 10.1. The van der Waals surface area contributed by atoms with Crippen LogP contribution in [-0.2, 0) is 16.1 Å². The molecule has 0 aliphatic rings. The Balaban J connectivity index is 1.62. The molecule has 1 aromatic carbocycles. The van der Waals surface area contributed by atoms with Crippen LogP contribution >= 0.6 is 0 Å². The molecule has 11 nitrogen and oxygen atoms in total. The first kappa shape index (κ1) is 22.5. The van der Waals surface area contributed by atoms with Crippen molar-refractivity contribution in [1.82, 2.24) is 25.3 Å². The van der Waals surface area contributed by atoms with Gasteiger partial charge in [-0.1, -0.05) is 0 Å². The number of hydrogen-bond acceptors (Lipinski definition) is 9. The van der Waals surface area contributed by atoms with Crippen LogP contribution in [0, 0.1) is 0 Å². The monoisotopic (exact) mass is 437 g/mol. The van der Waals surface area contributed by atoms with E-state index in [0.29, 0.717) is 16.9 Å². The van der Waals surface area contributed by atoms with Gasteiger partial charge in [-0.3, -0.25) is 19.4 Å². The van der Waals surface area contributed by atoms with E-state index < -0.39 is 17.5 Å². The molecule has 11 heteroatoms. The highest BCUT2D eigenvalue weighted by Crippen LogP contribution is 2.12. The number of nitrogens with zero attached hydrogens (tertiary/aromatic N) is 3. The summed E-state index contributed by atoms with van der Waals surface area (Å²) in [6.07, 6.45) is 1.99. The van der Waals surface area contributed by atoms with Crippen molar-refractivity contribution in [2.24, 2.45) is 0 Å². The third-order valence-electron chi connectivity index (χ3n) is 4.69. The third kappa shape index (κ3) is 5.72. The summed E-state index contributed by atoms with van der Waals surface area (Å²) in [5.74, 6) is -0.667. The topological polar surface area (TPSA) is 173 Å². The van der Waals surface area contributed by atoms with Gasteiger partial charge in [-0.2, -0.15) is 4.98 Å². The van der Waals surface area contributed by atoms with Crippen LogP contribution in [0.5, 0.6) is 0 Å². The second kappa shape index (κ2) is 9.77. The van der Waals surface area contributed by atoms with E-state index in [4.69, 9.17) is 5.73 Å². The lowest BCUT2D eigenvalue weighted by molar-refractivity contribution is -0.119. The van der Waals surface area contributed by atoms with E-state index in [1.54, 1.807) is 24.3 Å². The lowest BCUT2D eigenvalue weighted by Gasteiger charge is -2.15. The van der Waals surface area contributed by atoms with Crippen molar-refractivity contribution < 1.29 is 14.4 Å². The minimum atomic E-state index is -0.705. The molecule has 0 spiro atoms. The fraction of sp³-hybridized carbons (Fsp3) is 0.286. The number of carbonyl (C=O) groups is 3. The first-order valence-corrected chi connectivity index (χ1v) is 9.89. The zero-order chi connectivity index (χ0) is 23.3. The Labute approximate surface area is 182 Å². The molecular formula is C21H23N7O4. The number of rotatable bonds is 9. The molecule has 2 heterocycles. The molecule has 1 atom stereocenters. The number of carbonyl (C=O) groups excluding carboxylic acids is 3. The van der Waals surface area contributed by atoms with Gasteiger partial charge in [-0.05, 0) is 44.5 Å². The third-order valence-corrected chi connectivity index (χ3v) is 4.69. The van der Waals surface area contributed by atoms with Crippen LogP contribution in [0.4, 0.5) is 11.6 Å². The number of Topliss-reactive ketones (excluding diaryl/α,β-unsaturated/α-hetero) is 2. The molecule has 3 aromatic rings. The Morgan fingerprint density at radius 2 is 1.84 bits per heavy atom. The van der Waals surface area contributed by atoms with Gasteiger partial charge >= 0.3 is 0 Å². The number of fused-ring (bicyclic) bond motifs is 1. The van der Waals surface area contributed by atoms with Gasteiger partial charge in [0.25, 0.3) is 11.5 Å². The van der Waals surface area contributed by atoms with Gasteiger partial charge in [0.1, 0.15) is 5.78 Å². The predicted octanol–water partition coefficient (Wildman–Crippen LogP) is 0.964. The van der Waals surface area contributed by atoms with Gasteiger partial charge in [0, 0.05) is 17.7 Å². The quantitative estimate of drug-likeness (QED) is 0.380. The molecule has 0 bridgehead atoms. The molecule has 0 radical (unpaired) electrons. The Hall–Kier alpha value is -4.15.